The number of hydrogen-bond donors (Lipinski definition) is 0. The highest BCUT2D eigenvalue weighted by atomic mass is 16.5. The third-order valence-corrected chi connectivity index (χ3v) is 4.38. The number of rotatable bonds is 4. The maximum absolute atomic E-state index is 12.8. The Balaban J connectivity index is 1.60. The van der Waals surface area contributed by atoms with Crippen molar-refractivity contribution >= 4 is 23.5 Å². The molecular weight excluding hydrogens is 358 g/mol. The van der Waals surface area contributed by atoms with E-state index >= 15 is 0 Å². The second-order valence-corrected chi connectivity index (χ2v) is 6.11. The van der Waals surface area contributed by atoms with Gasteiger partial charge in [-0.1, -0.05) is 18.2 Å². The molecule has 2 amide bonds. The van der Waals surface area contributed by atoms with Gasteiger partial charge in [-0.3, -0.25) is 9.59 Å². The van der Waals surface area contributed by atoms with Gasteiger partial charge in [0.25, 0.3) is 11.8 Å². The second-order valence-electron chi connectivity index (χ2n) is 6.11. The van der Waals surface area contributed by atoms with E-state index in [9.17, 15) is 14.4 Å². The van der Waals surface area contributed by atoms with E-state index in [1.807, 2.05) is 30.3 Å². The number of methoxy groups -OCH3 is 1. The van der Waals surface area contributed by atoms with Crippen molar-refractivity contribution in [2.24, 2.45) is 0 Å². The molecule has 0 saturated heterocycles. The highest BCUT2D eigenvalue weighted by Gasteiger charge is 2.37. The van der Waals surface area contributed by atoms with Crippen LogP contribution in [0, 0.1) is 0 Å². The van der Waals surface area contributed by atoms with Crippen LogP contribution in [0.2, 0.25) is 0 Å². The van der Waals surface area contributed by atoms with E-state index < -0.39 is 17.8 Å². The molecule has 0 radical (unpaired) electrons. The lowest BCUT2D eigenvalue weighted by Gasteiger charge is -2.14. The van der Waals surface area contributed by atoms with Crippen molar-refractivity contribution in [2.75, 3.05) is 12.0 Å². The number of imide groups is 1. The van der Waals surface area contributed by atoms with Crippen molar-refractivity contribution in [1.82, 2.24) is 0 Å². The minimum absolute atomic E-state index is 0.178. The van der Waals surface area contributed by atoms with Crippen molar-refractivity contribution in [3.05, 3.63) is 89.5 Å². The lowest BCUT2D eigenvalue weighted by atomic mass is 10.1. The monoisotopic (exact) mass is 373 g/mol. The van der Waals surface area contributed by atoms with Crippen LogP contribution in [0.3, 0.4) is 0 Å². The zero-order valence-electron chi connectivity index (χ0n) is 14.9. The van der Waals surface area contributed by atoms with E-state index in [2.05, 4.69) is 4.74 Å². The fourth-order valence-electron chi connectivity index (χ4n) is 3.01. The normalized spacial score (nSPS) is 12.7. The van der Waals surface area contributed by atoms with Gasteiger partial charge in [0, 0.05) is 0 Å². The van der Waals surface area contributed by atoms with Gasteiger partial charge in [-0.2, -0.15) is 0 Å². The zero-order chi connectivity index (χ0) is 19.7. The third kappa shape index (κ3) is 3.01. The topological polar surface area (TPSA) is 72.9 Å². The number of ether oxygens (including phenoxy) is 2. The largest absolute Gasteiger partial charge is 0.465 e. The number of hydrogen-bond acceptors (Lipinski definition) is 5. The lowest BCUT2D eigenvalue weighted by Crippen LogP contribution is -2.29. The average molecular weight is 373 g/mol. The first-order valence-corrected chi connectivity index (χ1v) is 8.52. The number of para-hydroxylation sites is 1. The molecular formula is C22H15NO5. The van der Waals surface area contributed by atoms with E-state index in [1.54, 1.807) is 24.3 Å². The number of benzene rings is 3. The molecule has 0 spiro atoms. The average Bonchev–Trinajstić information content (AvgIpc) is 2.99. The van der Waals surface area contributed by atoms with Crippen LogP contribution in [-0.4, -0.2) is 24.9 Å². The van der Waals surface area contributed by atoms with Crippen LogP contribution >= 0.6 is 0 Å². The van der Waals surface area contributed by atoms with Crippen LogP contribution in [0.15, 0.2) is 72.8 Å². The number of anilines is 1. The molecule has 1 aliphatic heterocycles. The van der Waals surface area contributed by atoms with Crippen LogP contribution in [0.25, 0.3) is 0 Å². The molecule has 0 saturated carbocycles. The smallest absolute Gasteiger partial charge is 0.337 e. The van der Waals surface area contributed by atoms with Gasteiger partial charge in [-0.15, -0.1) is 0 Å². The molecule has 4 rings (SSSR count). The van der Waals surface area contributed by atoms with Crippen molar-refractivity contribution in [1.29, 1.82) is 0 Å². The third-order valence-electron chi connectivity index (χ3n) is 4.38. The summed E-state index contributed by atoms with van der Waals surface area (Å²) < 4.78 is 10.4. The Labute approximate surface area is 160 Å². The number of carbonyl (C=O) groups is 3. The standard InChI is InChI=1S/C22H15NO5/c1-27-22(26)14-7-12-18-19(13-14)21(25)23(20(18)24)15-8-10-17(11-9-15)28-16-5-3-2-4-6-16/h2-13H,1H3. The van der Waals surface area contributed by atoms with E-state index in [1.165, 1.54) is 25.3 Å². The number of carbonyl (C=O) groups excluding carboxylic acids is 3. The lowest BCUT2D eigenvalue weighted by molar-refractivity contribution is 0.0600. The number of esters is 1. The van der Waals surface area contributed by atoms with Crippen LogP contribution in [0.4, 0.5) is 5.69 Å². The second kappa shape index (κ2) is 7.00. The van der Waals surface area contributed by atoms with Gasteiger partial charge in [0.05, 0.1) is 29.5 Å². The summed E-state index contributed by atoms with van der Waals surface area (Å²) in [6, 6.07) is 20.3. The van der Waals surface area contributed by atoms with Gasteiger partial charge in [-0.25, -0.2) is 9.69 Å². The van der Waals surface area contributed by atoms with Gasteiger partial charge < -0.3 is 9.47 Å². The Morgan fingerprint density at radius 3 is 2.11 bits per heavy atom. The molecule has 0 atom stereocenters. The highest BCUT2D eigenvalue weighted by Crippen LogP contribution is 2.31. The molecule has 3 aromatic carbocycles. The minimum atomic E-state index is -0.566. The molecule has 6 nitrogen and oxygen atoms in total. The Morgan fingerprint density at radius 1 is 0.786 bits per heavy atom. The maximum Gasteiger partial charge on any atom is 0.337 e. The molecule has 6 heteroatoms. The van der Waals surface area contributed by atoms with Gasteiger partial charge in [0.15, 0.2) is 0 Å². The predicted molar refractivity (Wildman–Crippen MR) is 102 cm³/mol. The summed E-state index contributed by atoms with van der Waals surface area (Å²) in [6.45, 7) is 0. The molecule has 0 aromatic heterocycles. The van der Waals surface area contributed by atoms with Crippen molar-refractivity contribution in [3.8, 4) is 11.5 Å². The fourth-order valence-corrected chi connectivity index (χ4v) is 3.01. The zero-order valence-corrected chi connectivity index (χ0v) is 14.9. The van der Waals surface area contributed by atoms with Crippen LogP contribution in [-0.2, 0) is 4.74 Å². The van der Waals surface area contributed by atoms with Crippen molar-refractivity contribution in [3.63, 3.8) is 0 Å². The summed E-state index contributed by atoms with van der Waals surface area (Å²) >= 11 is 0. The van der Waals surface area contributed by atoms with Gasteiger partial charge >= 0.3 is 5.97 Å². The molecule has 0 bridgehead atoms. The van der Waals surface area contributed by atoms with E-state index in [0.29, 0.717) is 17.2 Å². The fraction of sp³-hybridized carbons (Fsp3) is 0.0455. The van der Waals surface area contributed by atoms with Crippen LogP contribution < -0.4 is 9.64 Å². The summed E-state index contributed by atoms with van der Waals surface area (Å²) in [4.78, 5) is 38.2. The van der Waals surface area contributed by atoms with E-state index in [0.717, 1.165) is 4.90 Å². The van der Waals surface area contributed by atoms with Crippen molar-refractivity contribution < 1.29 is 23.9 Å². The van der Waals surface area contributed by atoms with Crippen LogP contribution in [0.1, 0.15) is 31.1 Å². The minimum Gasteiger partial charge on any atom is -0.465 e. The predicted octanol–water partition coefficient (Wildman–Crippen LogP) is 4.07. The molecule has 0 fully saturated rings. The summed E-state index contributed by atoms with van der Waals surface area (Å²) in [6.07, 6.45) is 0. The molecule has 0 unspecified atom stereocenters. The first-order chi connectivity index (χ1) is 13.6. The molecule has 138 valence electrons. The number of fused-ring (bicyclic) bond motifs is 1. The molecule has 0 aliphatic carbocycles. The molecule has 28 heavy (non-hydrogen) atoms. The van der Waals surface area contributed by atoms with Crippen molar-refractivity contribution in [2.45, 2.75) is 0 Å². The number of amides is 2. The molecule has 0 N–H and O–H groups in total. The summed E-state index contributed by atoms with van der Waals surface area (Å²) in [5.74, 6) is -0.217. The molecule has 1 heterocycles. The maximum atomic E-state index is 12.8. The van der Waals surface area contributed by atoms with E-state index in [4.69, 9.17) is 4.74 Å². The Hall–Kier alpha value is -3.93. The summed E-state index contributed by atoms with van der Waals surface area (Å²) in [5, 5.41) is 0. The quantitative estimate of drug-likeness (QED) is 0.509. The first-order valence-electron chi connectivity index (χ1n) is 8.52. The number of nitrogens with zero attached hydrogens (tertiary/aromatic N) is 1. The summed E-state index contributed by atoms with van der Waals surface area (Å²) in [5.41, 5.74) is 1.07. The van der Waals surface area contributed by atoms with Gasteiger partial charge in [0.1, 0.15) is 11.5 Å². The van der Waals surface area contributed by atoms with Gasteiger partial charge in [-0.05, 0) is 54.6 Å². The van der Waals surface area contributed by atoms with Gasteiger partial charge in [0.2, 0.25) is 0 Å². The Morgan fingerprint density at radius 2 is 1.43 bits per heavy atom. The molecule has 3 aromatic rings. The Bertz CT molecular complexity index is 1070. The first kappa shape index (κ1) is 17.5. The summed E-state index contributed by atoms with van der Waals surface area (Å²) in [7, 11) is 1.26. The van der Waals surface area contributed by atoms with E-state index in [-0.39, 0.29) is 16.7 Å². The molecule has 1 aliphatic rings. The highest BCUT2D eigenvalue weighted by molar-refractivity contribution is 6.34. The SMILES string of the molecule is COC(=O)c1ccc2c(c1)C(=O)N(c1ccc(Oc3ccccc3)cc1)C2=O. The van der Waals surface area contributed by atoms with Crippen LogP contribution in [0.5, 0.6) is 11.5 Å². The Kier molecular flexibility index (Phi) is 4.37.